The number of hydrogen-bond donors (Lipinski definition) is 2. The number of para-hydroxylation sites is 1. The van der Waals surface area contributed by atoms with E-state index in [0.29, 0.717) is 6.54 Å². The molecule has 0 aliphatic carbocycles. The van der Waals surface area contributed by atoms with Crippen LogP contribution in [0.1, 0.15) is 24.6 Å². The Hall–Kier alpha value is -3.12. The average molecular weight is 406 g/mol. The van der Waals surface area contributed by atoms with E-state index in [-0.39, 0.29) is 24.7 Å². The zero-order valence-electron chi connectivity index (χ0n) is 16.3. The maximum Gasteiger partial charge on any atom is 0.224 e. The molecule has 4 rings (SSSR count). The van der Waals surface area contributed by atoms with Gasteiger partial charge in [0.05, 0.1) is 6.54 Å². The molecule has 0 saturated carbocycles. The zero-order valence-corrected chi connectivity index (χ0v) is 17.1. The summed E-state index contributed by atoms with van der Waals surface area (Å²) in [6.07, 6.45) is 0.333. The first-order valence-electron chi connectivity index (χ1n) is 9.75. The van der Waals surface area contributed by atoms with E-state index in [4.69, 9.17) is 0 Å². The molecule has 2 heterocycles. The summed E-state index contributed by atoms with van der Waals surface area (Å²) < 4.78 is 2.27. The number of rotatable bonds is 7. The number of benzene rings is 2. The lowest BCUT2D eigenvalue weighted by molar-refractivity contribution is -0.124. The quantitative estimate of drug-likeness (QED) is 0.459. The highest BCUT2D eigenvalue weighted by atomic mass is 32.1. The molecule has 0 saturated heterocycles. The van der Waals surface area contributed by atoms with Gasteiger partial charge in [0.1, 0.15) is 0 Å². The molecule has 0 atom stereocenters. The highest BCUT2D eigenvalue weighted by Gasteiger charge is 2.12. The minimum atomic E-state index is -0.158. The zero-order chi connectivity index (χ0) is 20.2. The van der Waals surface area contributed by atoms with Crippen LogP contribution in [0.15, 0.2) is 60.0 Å². The highest BCUT2D eigenvalue weighted by molar-refractivity contribution is 7.09. The van der Waals surface area contributed by atoms with Gasteiger partial charge in [0.2, 0.25) is 11.8 Å². The molecule has 6 heteroatoms. The average Bonchev–Trinajstić information content (AvgIpc) is 3.36. The maximum absolute atomic E-state index is 12.3. The Labute approximate surface area is 173 Å². The van der Waals surface area contributed by atoms with Crippen LogP contribution in [0.25, 0.3) is 21.8 Å². The van der Waals surface area contributed by atoms with Crippen LogP contribution in [0.4, 0.5) is 5.69 Å². The van der Waals surface area contributed by atoms with Crippen molar-refractivity contribution in [1.29, 1.82) is 0 Å². The van der Waals surface area contributed by atoms with Gasteiger partial charge in [-0.25, -0.2) is 0 Å². The number of fused-ring (bicyclic) bond motifs is 3. The van der Waals surface area contributed by atoms with Crippen LogP contribution in [0.2, 0.25) is 0 Å². The summed E-state index contributed by atoms with van der Waals surface area (Å²) in [7, 11) is 0. The standard InChI is InChI=1S/C23H23N3O2S/c1-2-26-20-8-4-3-7-18(20)19-14-16(9-10-21(19)26)25-23(28)12-11-22(27)24-15-17-6-5-13-29-17/h3-10,13-14H,2,11-12,15H2,1H3,(H,24,27)(H,25,28). The van der Waals surface area contributed by atoms with E-state index in [0.717, 1.165) is 28.0 Å². The van der Waals surface area contributed by atoms with E-state index in [1.165, 1.54) is 10.9 Å². The summed E-state index contributed by atoms with van der Waals surface area (Å²) in [5.41, 5.74) is 3.09. The Morgan fingerprint density at radius 3 is 2.52 bits per heavy atom. The minimum Gasteiger partial charge on any atom is -0.351 e. The van der Waals surface area contributed by atoms with Gasteiger partial charge in [-0.15, -0.1) is 11.3 Å². The molecule has 2 N–H and O–H groups in total. The molecule has 0 radical (unpaired) electrons. The van der Waals surface area contributed by atoms with Gasteiger partial charge in [-0.1, -0.05) is 24.3 Å². The fraction of sp³-hybridized carbons (Fsp3) is 0.217. The Morgan fingerprint density at radius 2 is 1.72 bits per heavy atom. The molecule has 29 heavy (non-hydrogen) atoms. The Balaban J connectivity index is 1.40. The van der Waals surface area contributed by atoms with Gasteiger partial charge < -0.3 is 15.2 Å². The van der Waals surface area contributed by atoms with E-state index in [1.54, 1.807) is 11.3 Å². The van der Waals surface area contributed by atoms with Crippen LogP contribution in [0, 0.1) is 0 Å². The van der Waals surface area contributed by atoms with Gasteiger partial charge in [0, 0.05) is 51.8 Å². The summed E-state index contributed by atoms with van der Waals surface area (Å²) in [6, 6.07) is 18.2. The molecule has 0 aliphatic rings. The molecule has 0 bridgehead atoms. The van der Waals surface area contributed by atoms with Crippen LogP contribution in [-0.4, -0.2) is 16.4 Å². The molecule has 5 nitrogen and oxygen atoms in total. The highest BCUT2D eigenvalue weighted by Crippen LogP contribution is 2.31. The number of carbonyl (C=O) groups excluding carboxylic acids is 2. The summed E-state index contributed by atoms with van der Waals surface area (Å²) in [5.74, 6) is -0.273. The predicted octanol–water partition coefficient (Wildman–Crippen LogP) is 4.91. The number of anilines is 1. The summed E-state index contributed by atoms with van der Waals surface area (Å²) in [4.78, 5) is 25.4. The second-order valence-corrected chi connectivity index (χ2v) is 7.93. The van der Waals surface area contributed by atoms with Gasteiger partial charge in [-0.2, -0.15) is 0 Å². The van der Waals surface area contributed by atoms with Crippen molar-refractivity contribution in [2.24, 2.45) is 0 Å². The molecule has 4 aromatic rings. The monoisotopic (exact) mass is 405 g/mol. The number of aryl methyl sites for hydroxylation is 1. The van der Waals surface area contributed by atoms with Crippen LogP contribution >= 0.6 is 11.3 Å². The first-order chi connectivity index (χ1) is 14.2. The van der Waals surface area contributed by atoms with Crippen LogP contribution in [0.3, 0.4) is 0 Å². The van der Waals surface area contributed by atoms with E-state index < -0.39 is 0 Å². The number of nitrogens with one attached hydrogen (secondary N) is 2. The molecule has 0 spiro atoms. The summed E-state index contributed by atoms with van der Waals surface area (Å²) in [5, 5.41) is 10.0. The lowest BCUT2D eigenvalue weighted by Gasteiger charge is -2.07. The lowest BCUT2D eigenvalue weighted by Crippen LogP contribution is -2.24. The normalized spacial score (nSPS) is 11.1. The van der Waals surface area contributed by atoms with Crippen molar-refractivity contribution in [2.45, 2.75) is 32.9 Å². The number of hydrogen-bond acceptors (Lipinski definition) is 3. The van der Waals surface area contributed by atoms with Gasteiger partial charge in [-0.05, 0) is 42.6 Å². The van der Waals surface area contributed by atoms with Crippen molar-refractivity contribution in [3.8, 4) is 0 Å². The first kappa shape index (κ1) is 19.2. The second kappa shape index (κ2) is 8.49. The van der Waals surface area contributed by atoms with Crippen molar-refractivity contribution in [3.63, 3.8) is 0 Å². The van der Waals surface area contributed by atoms with Crippen molar-refractivity contribution in [3.05, 3.63) is 64.9 Å². The number of carbonyl (C=O) groups is 2. The smallest absolute Gasteiger partial charge is 0.224 e. The third-order valence-corrected chi connectivity index (χ3v) is 5.87. The molecule has 148 valence electrons. The SMILES string of the molecule is CCn1c2ccccc2c2cc(NC(=O)CCC(=O)NCc3cccs3)ccc21. The van der Waals surface area contributed by atoms with Crippen LogP contribution in [-0.2, 0) is 22.7 Å². The van der Waals surface area contributed by atoms with E-state index in [1.807, 2.05) is 47.8 Å². The molecular weight excluding hydrogens is 382 g/mol. The molecule has 0 unspecified atom stereocenters. The first-order valence-corrected chi connectivity index (χ1v) is 10.6. The Bertz CT molecular complexity index is 1160. The molecule has 0 aliphatic heterocycles. The molecule has 0 fully saturated rings. The minimum absolute atomic E-state index is 0.116. The maximum atomic E-state index is 12.3. The van der Waals surface area contributed by atoms with E-state index >= 15 is 0 Å². The third-order valence-electron chi connectivity index (χ3n) is 4.99. The number of aromatic nitrogens is 1. The largest absolute Gasteiger partial charge is 0.351 e. The molecule has 2 aromatic carbocycles. The molecule has 2 aromatic heterocycles. The Morgan fingerprint density at radius 1 is 0.931 bits per heavy atom. The van der Waals surface area contributed by atoms with Crippen LogP contribution < -0.4 is 10.6 Å². The molecular formula is C23H23N3O2S. The van der Waals surface area contributed by atoms with Crippen molar-refractivity contribution in [1.82, 2.24) is 9.88 Å². The van der Waals surface area contributed by atoms with Gasteiger partial charge in [-0.3, -0.25) is 9.59 Å². The van der Waals surface area contributed by atoms with Crippen molar-refractivity contribution in [2.75, 3.05) is 5.32 Å². The predicted molar refractivity (Wildman–Crippen MR) is 119 cm³/mol. The van der Waals surface area contributed by atoms with Gasteiger partial charge >= 0.3 is 0 Å². The topological polar surface area (TPSA) is 63.1 Å². The second-order valence-electron chi connectivity index (χ2n) is 6.90. The summed E-state index contributed by atoms with van der Waals surface area (Å²) in [6.45, 7) is 3.53. The fourth-order valence-corrected chi connectivity index (χ4v) is 4.25. The Kier molecular flexibility index (Phi) is 5.62. The van der Waals surface area contributed by atoms with Crippen LogP contribution in [0.5, 0.6) is 0 Å². The van der Waals surface area contributed by atoms with Crippen molar-refractivity contribution < 1.29 is 9.59 Å². The third kappa shape index (κ3) is 4.17. The van der Waals surface area contributed by atoms with Gasteiger partial charge in [0.15, 0.2) is 0 Å². The summed E-state index contributed by atoms with van der Waals surface area (Å²) >= 11 is 1.60. The van der Waals surface area contributed by atoms with Gasteiger partial charge in [0.25, 0.3) is 0 Å². The number of thiophene rings is 1. The number of nitrogens with zero attached hydrogens (tertiary/aromatic N) is 1. The lowest BCUT2D eigenvalue weighted by atomic mass is 10.1. The van der Waals surface area contributed by atoms with E-state index in [2.05, 4.69) is 34.3 Å². The fourth-order valence-electron chi connectivity index (χ4n) is 3.61. The molecule has 2 amide bonds. The van der Waals surface area contributed by atoms with Crippen molar-refractivity contribution >= 4 is 50.6 Å². The number of amides is 2. The van der Waals surface area contributed by atoms with E-state index in [9.17, 15) is 9.59 Å².